The van der Waals surface area contributed by atoms with E-state index in [1.54, 1.807) is 0 Å². The fourth-order valence-corrected chi connectivity index (χ4v) is 3.63. The van der Waals surface area contributed by atoms with Crippen molar-refractivity contribution in [1.82, 2.24) is 9.97 Å². The molecule has 1 aliphatic heterocycles. The molecule has 0 bridgehead atoms. The number of hydrogen-bond acceptors (Lipinski definition) is 5. The van der Waals surface area contributed by atoms with Crippen molar-refractivity contribution in [2.45, 2.75) is 45.6 Å². The first-order valence-electron chi connectivity index (χ1n) is 8.16. The van der Waals surface area contributed by atoms with Crippen molar-refractivity contribution in [3.8, 4) is 5.88 Å². The Morgan fingerprint density at radius 1 is 1.33 bits per heavy atom. The fraction of sp³-hybridized carbons (Fsp3) is 0.750. The molecule has 3 rings (SSSR count). The minimum Gasteiger partial charge on any atom is -0.478 e. The van der Waals surface area contributed by atoms with Crippen LogP contribution in [0.25, 0.3) is 0 Å². The SMILES string of the molecule is CCCOc1cc(C)nc(N2CC3CCCC(N)C3C2)n1. The summed E-state index contributed by atoms with van der Waals surface area (Å²) in [7, 11) is 0. The van der Waals surface area contributed by atoms with Gasteiger partial charge in [0.25, 0.3) is 0 Å². The van der Waals surface area contributed by atoms with Gasteiger partial charge >= 0.3 is 0 Å². The average Bonchev–Trinajstić information content (AvgIpc) is 2.90. The monoisotopic (exact) mass is 290 g/mol. The van der Waals surface area contributed by atoms with Gasteiger partial charge in [0, 0.05) is 30.9 Å². The Morgan fingerprint density at radius 2 is 2.19 bits per heavy atom. The molecule has 3 unspecified atom stereocenters. The lowest BCUT2D eigenvalue weighted by Crippen LogP contribution is -2.38. The van der Waals surface area contributed by atoms with E-state index in [0.29, 0.717) is 30.4 Å². The molecule has 116 valence electrons. The van der Waals surface area contributed by atoms with Crippen LogP contribution in [0.5, 0.6) is 5.88 Å². The molecule has 1 aliphatic carbocycles. The van der Waals surface area contributed by atoms with Crippen molar-refractivity contribution in [1.29, 1.82) is 0 Å². The first-order chi connectivity index (χ1) is 10.2. The third-order valence-electron chi connectivity index (χ3n) is 4.71. The molecule has 5 nitrogen and oxygen atoms in total. The van der Waals surface area contributed by atoms with Gasteiger partial charge in [-0.15, -0.1) is 0 Å². The molecule has 0 aromatic carbocycles. The molecular formula is C16H26N4O. The second-order valence-electron chi connectivity index (χ2n) is 6.42. The molecular weight excluding hydrogens is 264 g/mol. The van der Waals surface area contributed by atoms with Gasteiger partial charge < -0.3 is 15.4 Å². The molecule has 0 radical (unpaired) electrons. The van der Waals surface area contributed by atoms with E-state index in [1.165, 1.54) is 12.8 Å². The van der Waals surface area contributed by atoms with E-state index in [0.717, 1.165) is 37.6 Å². The summed E-state index contributed by atoms with van der Waals surface area (Å²) in [6, 6.07) is 2.25. The van der Waals surface area contributed by atoms with Crippen LogP contribution in [0.15, 0.2) is 6.07 Å². The topological polar surface area (TPSA) is 64.3 Å². The van der Waals surface area contributed by atoms with Crippen molar-refractivity contribution in [3.05, 3.63) is 11.8 Å². The van der Waals surface area contributed by atoms with Gasteiger partial charge in [0.2, 0.25) is 11.8 Å². The predicted octanol–water partition coefficient (Wildman–Crippen LogP) is 2.14. The summed E-state index contributed by atoms with van der Waals surface area (Å²) in [5.74, 6) is 2.81. The van der Waals surface area contributed by atoms with Crippen LogP contribution in [-0.2, 0) is 0 Å². The van der Waals surface area contributed by atoms with Crippen LogP contribution in [0.1, 0.15) is 38.3 Å². The van der Waals surface area contributed by atoms with E-state index in [9.17, 15) is 0 Å². The maximum absolute atomic E-state index is 6.29. The minimum absolute atomic E-state index is 0.342. The number of nitrogens with zero attached hydrogens (tertiary/aromatic N) is 3. The third kappa shape index (κ3) is 3.12. The Bertz CT molecular complexity index is 493. The number of aryl methyl sites for hydroxylation is 1. The van der Waals surface area contributed by atoms with Gasteiger partial charge in [0.05, 0.1) is 6.61 Å². The normalized spacial score (nSPS) is 28.5. The summed E-state index contributed by atoms with van der Waals surface area (Å²) in [6.45, 7) is 6.82. The van der Waals surface area contributed by atoms with E-state index < -0.39 is 0 Å². The van der Waals surface area contributed by atoms with E-state index in [1.807, 2.05) is 13.0 Å². The van der Waals surface area contributed by atoms with Crippen LogP contribution in [-0.4, -0.2) is 35.7 Å². The lowest BCUT2D eigenvalue weighted by molar-refractivity contribution is 0.260. The minimum atomic E-state index is 0.342. The van der Waals surface area contributed by atoms with Crippen LogP contribution in [0.3, 0.4) is 0 Å². The fourth-order valence-electron chi connectivity index (χ4n) is 3.63. The number of nitrogens with two attached hydrogens (primary N) is 1. The molecule has 1 aromatic rings. The second-order valence-corrected chi connectivity index (χ2v) is 6.42. The molecule has 21 heavy (non-hydrogen) atoms. The number of hydrogen-bond donors (Lipinski definition) is 1. The summed E-state index contributed by atoms with van der Waals surface area (Å²) in [5, 5.41) is 0. The molecule has 2 heterocycles. The third-order valence-corrected chi connectivity index (χ3v) is 4.71. The van der Waals surface area contributed by atoms with Gasteiger partial charge in [-0.3, -0.25) is 0 Å². The van der Waals surface area contributed by atoms with Crippen molar-refractivity contribution in [3.63, 3.8) is 0 Å². The first kappa shape index (κ1) is 14.6. The van der Waals surface area contributed by atoms with Crippen LogP contribution < -0.4 is 15.4 Å². The Labute approximate surface area is 126 Å². The maximum Gasteiger partial charge on any atom is 0.228 e. The summed E-state index contributed by atoms with van der Waals surface area (Å²) < 4.78 is 5.67. The van der Waals surface area contributed by atoms with Gasteiger partial charge in [-0.1, -0.05) is 13.3 Å². The summed E-state index contributed by atoms with van der Waals surface area (Å²) in [6.07, 6.45) is 4.70. The lowest BCUT2D eigenvalue weighted by atomic mass is 9.78. The summed E-state index contributed by atoms with van der Waals surface area (Å²) in [5.41, 5.74) is 7.26. The van der Waals surface area contributed by atoms with Crippen LogP contribution in [0, 0.1) is 18.8 Å². The van der Waals surface area contributed by atoms with Crippen LogP contribution in [0.4, 0.5) is 5.95 Å². The van der Waals surface area contributed by atoms with E-state index in [4.69, 9.17) is 10.5 Å². The van der Waals surface area contributed by atoms with Crippen LogP contribution in [0.2, 0.25) is 0 Å². The van der Waals surface area contributed by atoms with E-state index >= 15 is 0 Å². The number of aromatic nitrogens is 2. The molecule has 2 aliphatic rings. The number of fused-ring (bicyclic) bond motifs is 1. The first-order valence-corrected chi connectivity index (χ1v) is 8.16. The molecule has 1 saturated carbocycles. The molecule has 2 fully saturated rings. The quantitative estimate of drug-likeness (QED) is 0.920. The van der Waals surface area contributed by atoms with Gasteiger partial charge in [-0.25, -0.2) is 4.98 Å². The number of ether oxygens (including phenoxy) is 1. The Balaban J connectivity index is 1.76. The largest absolute Gasteiger partial charge is 0.478 e. The smallest absolute Gasteiger partial charge is 0.228 e. The Morgan fingerprint density at radius 3 is 2.95 bits per heavy atom. The molecule has 3 atom stereocenters. The van der Waals surface area contributed by atoms with Gasteiger partial charge in [-0.2, -0.15) is 4.98 Å². The number of rotatable bonds is 4. The second kappa shape index (κ2) is 6.18. The highest BCUT2D eigenvalue weighted by Gasteiger charge is 2.39. The van der Waals surface area contributed by atoms with Gasteiger partial charge in [0.1, 0.15) is 0 Å². The predicted molar refractivity (Wildman–Crippen MR) is 83.6 cm³/mol. The molecule has 5 heteroatoms. The van der Waals surface area contributed by atoms with E-state index in [2.05, 4.69) is 21.8 Å². The molecule has 0 spiro atoms. The van der Waals surface area contributed by atoms with Crippen LogP contribution >= 0.6 is 0 Å². The summed E-state index contributed by atoms with van der Waals surface area (Å²) >= 11 is 0. The molecule has 1 saturated heterocycles. The van der Waals surface area contributed by atoms with Crippen molar-refractivity contribution in [2.24, 2.45) is 17.6 Å². The van der Waals surface area contributed by atoms with Gasteiger partial charge in [0.15, 0.2) is 0 Å². The molecule has 2 N–H and O–H groups in total. The average molecular weight is 290 g/mol. The highest BCUT2D eigenvalue weighted by Crippen LogP contribution is 2.37. The van der Waals surface area contributed by atoms with Crippen molar-refractivity contribution in [2.75, 3.05) is 24.6 Å². The molecule has 1 aromatic heterocycles. The zero-order chi connectivity index (χ0) is 14.8. The maximum atomic E-state index is 6.29. The van der Waals surface area contributed by atoms with E-state index in [-0.39, 0.29) is 0 Å². The van der Waals surface area contributed by atoms with Crippen molar-refractivity contribution < 1.29 is 4.74 Å². The zero-order valence-corrected chi connectivity index (χ0v) is 13.1. The molecule has 0 amide bonds. The highest BCUT2D eigenvalue weighted by atomic mass is 16.5. The number of anilines is 1. The standard InChI is InChI=1S/C16H26N4O/c1-3-7-21-15-8-11(2)18-16(19-15)20-9-12-5-4-6-14(17)13(12)10-20/h8,12-14H,3-7,9-10,17H2,1-2H3. The Hall–Kier alpha value is -1.36. The highest BCUT2D eigenvalue weighted by molar-refractivity contribution is 5.36. The lowest BCUT2D eigenvalue weighted by Gasteiger charge is -2.29. The van der Waals surface area contributed by atoms with Crippen molar-refractivity contribution >= 4 is 5.95 Å². The van der Waals surface area contributed by atoms with Gasteiger partial charge in [-0.05, 0) is 38.0 Å². The zero-order valence-electron chi connectivity index (χ0n) is 13.1. The Kier molecular flexibility index (Phi) is 4.29. The summed E-state index contributed by atoms with van der Waals surface area (Å²) in [4.78, 5) is 11.5.